The minimum atomic E-state index is 0.625. The lowest BCUT2D eigenvalue weighted by atomic mass is 10.2. The molecule has 0 atom stereocenters. The first-order chi connectivity index (χ1) is 11.3. The maximum Gasteiger partial charge on any atom is 0.200 e. The van der Waals surface area contributed by atoms with E-state index in [9.17, 15) is 0 Å². The molecule has 0 aliphatic heterocycles. The Kier molecular flexibility index (Phi) is 5.02. The van der Waals surface area contributed by atoms with Crippen LogP contribution in [0.15, 0.2) is 52.2 Å². The number of thioether (sulfide) groups is 1. The molecule has 0 fully saturated rings. The lowest BCUT2D eigenvalue weighted by Gasteiger charge is -2.07. The topological polar surface area (TPSA) is 53.1 Å². The summed E-state index contributed by atoms with van der Waals surface area (Å²) in [6.45, 7) is 5.56. The Balaban J connectivity index is 1.57. The third-order valence-electron chi connectivity index (χ3n) is 3.38. The highest BCUT2D eigenvalue weighted by Gasteiger charge is 2.14. The maximum absolute atomic E-state index is 5.74. The van der Waals surface area contributed by atoms with E-state index >= 15 is 0 Å². The van der Waals surface area contributed by atoms with E-state index in [-0.39, 0.29) is 0 Å². The lowest BCUT2D eigenvalue weighted by Crippen LogP contribution is -2.03. The van der Waals surface area contributed by atoms with Gasteiger partial charge in [-0.05, 0) is 38.1 Å². The Morgan fingerprint density at radius 3 is 2.70 bits per heavy atom. The Hall–Kier alpha value is -2.21. The lowest BCUT2D eigenvalue weighted by molar-refractivity contribution is 0.343. The number of hydrogen-bond donors (Lipinski definition) is 0. The van der Waals surface area contributed by atoms with Crippen LogP contribution in [-0.4, -0.2) is 27.1 Å². The molecule has 0 aliphatic rings. The second kappa shape index (κ2) is 7.37. The fourth-order valence-electron chi connectivity index (χ4n) is 2.20. The van der Waals surface area contributed by atoms with E-state index in [1.165, 1.54) is 5.56 Å². The van der Waals surface area contributed by atoms with E-state index < -0.39 is 0 Å². The summed E-state index contributed by atoms with van der Waals surface area (Å²) >= 11 is 1.63. The van der Waals surface area contributed by atoms with E-state index in [1.807, 2.05) is 36.4 Å². The van der Waals surface area contributed by atoms with Gasteiger partial charge in [0.05, 0.1) is 12.9 Å². The van der Waals surface area contributed by atoms with Crippen molar-refractivity contribution in [3.63, 3.8) is 0 Å². The third kappa shape index (κ3) is 3.76. The van der Waals surface area contributed by atoms with E-state index in [1.54, 1.807) is 18.0 Å². The van der Waals surface area contributed by atoms with Crippen molar-refractivity contribution in [1.82, 2.24) is 14.8 Å². The number of hydrogen-bond acceptors (Lipinski definition) is 5. The molecule has 0 radical (unpaired) electrons. The first kappa shape index (κ1) is 15.7. The Labute approximate surface area is 139 Å². The van der Waals surface area contributed by atoms with Gasteiger partial charge in [0.15, 0.2) is 16.7 Å². The van der Waals surface area contributed by atoms with Gasteiger partial charge in [-0.1, -0.05) is 29.5 Å². The summed E-state index contributed by atoms with van der Waals surface area (Å²) in [5.41, 5.74) is 1.23. The minimum Gasteiger partial charge on any atom is -0.493 e. The van der Waals surface area contributed by atoms with Gasteiger partial charge in [0.25, 0.3) is 0 Å². The molecule has 0 spiro atoms. The van der Waals surface area contributed by atoms with Crippen molar-refractivity contribution < 1.29 is 9.15 Å². The molecule has 6 heteroatoms. The van der Waals surface area contributed by atoms with Crippen molar-refractivity contribution >= 4 is 11.8 Å². The summed E-state index contributed by atoms with van der Waals surface area (Å²) in [6, 6.07) is 11.8. The summed E-state index contributed by atoms with van der Waals surface area (Å²) < 4.78 is 13.2. The van der Waals surface area contributed by atoms with Crippen LogP contribution in [0.4, 0.5) is 0 Å². The summed E-state index contributed by atoms with van der Waals surface area (Å²) in [5, 5.41) is 9.37. The quantitative estimate of drug-likeness (QED) is 0.484. The molecule has 0 aliphatic carbocycles. The summed E-state index contributed by atoms with van der Waals surface area (Å²) in [4.78, 5) is 0. The number of ether oxygens (including phenoxy) is 1. The van der Waals surface area contributed by atoms with Crippen LogP contribution in [-0.2, 0) is 6.54 Å². The second-order valence-corrected chi connectivity index (χ2v) is 6.10. The largest absolute Gasteiger partial charge is 0.493 e. The van der Waals surface area contributed by atoms with Crippen LogP contribution in [0.1, 0.15) is 12.5 Å². The van der Waals surface area contributed by atoms with Crippen molar-refractivity contribution in [2.75, 3.05) is 12.4 Å². The van der Waals surface area contributed by atoms with E-state index in [0.29, 0.717) is 6.61 Å². The van der Waals surface area contributed by atoms with Gasteiger partial charge < -0.3 is 9.15 Å². The zero-order valence-electron chi connectivity index (χ0n) is 13.2. The summed E-state index contributed by atoms with van der Waals surface area (Å²) in [6.07, 6.45) is 1.65. The SMILES string of the molecule is CCn1c(SCCOc2ccc(C)cc2)nnc1-c1ccco1. The van der Waals surface area contributed by atoms with Gasteiger partial charge in [-0.15, -0.1) is 10.2 Å². The van der Waals surface area contributed by atoms with Gasteiger partial charge in [-0.25, -0.2) is 0 Å². The molecular formula is C17H19N3O2S. The fourth-order valence-corrected chi connectivity index (χ4v) is 3.01. The normalized spacial score (nSPS) is 10.9. The molecule has 0 saturated carbocycles. The Bertz CT molecular complexity index is 736. The van der Waals surface area contributed by atoms with E-state index in [0.717, 1.165) is 34.8 Å². The maximum atomic E-state index is 5.74. The molecule has 0 bridgehead atoms. The van der Waals surface area contributed by atoms with Gasteiger partial charge in [0.1, 0.15) is 5.75 Å². The Morgan fingerprint density at radius 2 is 2.00 bits per heavy atom. The number of rotatable bonds is 7. The predicted octanol–water partition coefficient (Wildman–Crippen LogP) is 4.04. The Morgan fingerprint density at radius 1 is 1.17 bits per heavy atom. The average molecular weight is 329 g/mol. The number of benzene rings is 1. The molecule has 0 amide bonds. The monoisotopic (exact) mass is 329 g/mol. The van der Waals surface area contributed by atoms with Crippen LogP contribution >= 0.6 is 11.8 Å². The van der Waals surface area contributed by atoms with Crippen LogP contribution in [0, 0.1) is 6.92 Å². The molecule has 0 N–H and O–H groups in total. The summed E-state index contributed by atoms with van der Waals surface area (Å²) in [5.74, 6) is 3.20. The molecule has 0 saturated heterocycles. The molecule has 5 nitrogen and oxygen atoms in total. The molecule has 2 heterocycles. The first-order valence-corrected chi connectivity index (χ1v) is 8.56. The summed E-state index contributed by atoms with van der Waals surface area (Å²) in [7, 11) is 0. The standard InChI is InChI=1S/C17H19N3O2S/c1-3-20-16(15-5-4-10-22-15)18-19-17(20)23-12-11-21-14-8-6-13(2)7-9-14/h4-10H,3,11-12H2,1-2H3. The van der Waals surface area contributed by atoms with Gasteiger partial charge in [0, 0.05) is 12.3 Å². The van der Waals surface area contributed by atoms with E-state index in [4.69, 9.17) is 9.15 Å². The zero-order chi connectivity index (χ0) is 16.1. The molecular weight excluding hydrogens is 310 g/mol. The minimum absolute atomic E-state index is 0.625. The van der Waals surface area contributed by atoms with Crippen molar-refractivity contribution in [2.24, 2.45) is 0 Å². The second-order valence-electron chi connectivity index (χ2n) is 5.04. The number of aryl methyl sites for hydroxylation is 1. The van der Waals surface area contributed by atoms with Gasteiger partial charge in [0.2, 0.25) is 0 Å². The van der Waals surface area contributed by atoms with Gasteiger partial charge in [-0.2, -0.15) is 0 Å². The molecule has 0 unspecified atom stereocenters. The molecule has 120 valence electrons. The van der Waals surface area contributed by atoms with Crippen LogP contribution in [0.25, 0.3) is 11.6 Å². The molecule has 1 aromatic carbocycles. The van der Waals surface area contributed by atoms with Crippen LogP contribution in [0.5, 0.6) is 5.75 Å². The number of furan rings is 1. The predicted molar refractivity (Wildman–Crippen MR) is 90.8 cm³/mol. The first-order valence-electron chi connectivity index (χ1n) is 7.57. The molecule has 3 rings (SSSR count). The highest BCUT2D eigenvalue weighted by Crippen LogP contribution is 2.24. The highest BCUT2D eigenvalue weighted by molar-refractivity contribution is 7.99. The van der Waals surface area contributed by atoms with E-state index in [2.05, 4.69) is 28.6 Å². The molecule has 2 aromatic heterocycles. The van der Waals surface area contributed by atoms with Crippen LogP contribution in [0.3, 0.4) is 0 Å². The van der Waals surface area contributed by atoms with Crippen LogP contribution < -0.4 is 4.74 Å². The molecule has 23 heavy (non-hydrogen) atoms. The van der Waals surface area contributed by atoms with Crippen molar-refractivity contribution in [1.29, 1.82) is 0 Å². The van der Waals surface area contributed by atoms with Gasteiger partial charge in [-0.3, -0.25) is 4.57 Å². The third-order valence-corrected chi connectivity index (χ3v) is 4.31. The van der Waals surface area contributed by atoms with Crippen molar-refractivity contribution in [2.45, 2.75) is 25.5 Å². The van der Waals surface area contributed by atoms with Gasteiger partial charge >= 0.3 is 0 Å². The van der Waals surface area contributed by atoms with Crippen LogP contribution in [0.2, 0.25) is 0 Å². The number of nitrogens with zero attached hydrogens (tertiary/aromatic N) is 3. The highest BCUT2D eigenvalue weighted by atomic mass is 32.2. The smallest absolute Gasteiger partial charge is 0.200 e. The zero-order valence-corrected chi connectivity index (χ0v) is 14.0. The number of aromatic nitrogens is 3. The fraction of sp³-hybridized carbons (Fsp3) is 0.294. The molecule has 3 aromatic rings. The average Bonchev–Trinajstić information content (AvgIpc) is 3.22. The van der Waals surface area contributed by atoms with Crippen molar-refractivity contribution in [3.05, 3.63) is 48.2 Å². The van der Waals surface area contributed by atoms with Crippen molar-refractivity contribution in [3.8, 4) is 17.3 Å².